The molecule has 4 rings (SSSR count). The van der Waals surface area contributed by atoms with Crippen LogP contribution in [0.25, 0.3) is 22.0 Å². The summed E-state index contributed by atoms with van der Waals surface area (Å²) >= 11 is 3.44. The van der Waals surface area contributed by atoms with E-state index in [4.69, 9.17) is 0 Å². The van der Waals surface area contributed by atoms with Gasteiger partial charge in [0.05, 0.1) is 21.0 Å². The zero-order valence-electron chi connectivity index (χ0n) is 15.9. The molecule has 0 unspecified atom stereocenters. The highest BCUT2D eigenvalue weighted by Gasteiger charge is 2.28. The summed E-state index contributed by atoms with van der Waals surface area (Å²) in [5.41, 5.74) is 3.21. The van der Waals surface area contributed by atoms with E-state index in [9.17, 15) is 18.5 Å². The van der Waals surface area contributed by atoms with Gasteiger partial charge in [0.25, 0.3) is 15.7 Å². The Bertz CT molecular complexity index is 1360. The first-order valence-electron chi connectivity index (χ1n) is 9.10. The zero-order chi connectivity index (χ0) is 21.5. The summed E-state index contributed by atoms with van der Waals surface area (Å²) in [5, 5.41) is 12.1. The van der Waals surface area contributed by atoms with Gasteiger partial charge in [-0.25, -0.2) is 12.4 Å². The normalized spacial score (nSPS) is 11.7. The van der Waals surface area contributed by atoms with Gasteiger partial charge in [-0.3, -0.25) is 10.1 Å². The van der Waals surface area contributed by atoms with Crippen molar-refractivity contribution in [2.24, 2.45) is 0 Å². The van der Waals surface area contributed by atoms with Crippen LogP contribution in [0.15, 0.2) is 77.7 Å². The predicted molar refractivity (Wildman–Crippen MR) is 120 cm³/mol. The molecule has 0 fully saturated rings. The topological polar surface area (TPSA) is 82.2 Å². The molecule has 0 bridgehead atoms. The van der Waals surface area contributed by atoms with E-state index < -0.39 is 14.9 Å². The van der Waals surface area contributed by atoms with Crippen molar-refractivity contribution in [1.82, 2.24) is 3.97 Å². The Morgan fingerprint density at radius 1 is 1.00 bits per heavy atom. The fourth-order valence-corrected chi connectivity index (χ4v) is 5.81. The maximum atomic E-state index is 13.6. The number of alkyl halides is 1. The van der Waals surface area contributed by atoms with Gasteiger partial charge in [-0.05, 0) is 30.7 Å². The molecule has 0 saturated heterocycles. The Morgan fingerprint density at radius 3 is 2.27 bits per heavy atom. The number of nitro groups is 1. The Hall–Kier alpha value is -2.97. The quantitative estimate of drug-likeness (QED) is 0.208. The van der Waals surface area contributed by atoms with Gasteiger partial charge in [-0.2, -0.15) is 0 Å². The monoisotopic (exact) mass is 484 g/mol. The minimum Gasteiger partial charge on any atom is -0.258 e. The molecule has 0 atom stereocenters. The van der Waals surface area contributed by atoms with Crippen molar-refractivity contribution in [3.05, 3.63) is 94.2 Å². The van der Waals surface area contributed by atoms with Crippen molar-refractivity contribution in [3.63, 3.8) is 0 Å². The summed E-state index contributed by atoms with van der Waals surface area (Å²) in [5.74, 6) is 0. The summed E-state index contributed by atoms with van der Waals surface area (Å²) in [6, 6.07) is 20.2. The molecule has 0 amide bonds. The summed E-state index contributed by atoms with van der Waals surface area (Å²) in [6.07, 6.45) is 0. The van der Waals surface area contributed by atoms with E-state index in [2.05, 4.69) is 15.9 Å². The molecule has 0 aliphatic carbocycles. The Balaban J connectivity index is 2.12. The second-order valence-corrected chi connectivity index (χ2v) is 9.21. The average molecular weight is 485 g/mol. The van der Waals surface area contributed by atoms with Crippen LogP contribution in [0.1, 0.15) is 11.3 Å². The van der Waals surface area contributed by atoms with Crippen molar-refractivity contribution in [3.8, 4) is 11.1 Å². The van der Waals surface area contributed by atoms with Crippen LogP contribution < -0.4 is 0 Å². The Labute approximate surface area is 182 Å². The number of halogens is 1. The number of hydrogen-bond acceptors (Lipinski definition) is 4. The standard InChI is InChI=1S/C22H17BrN2O4S/c1-15-7-10-18(11-8-15)30(28,29)24-20-12-9-17(25(26)27)13-19(20)22(21(24)14-23)16-5-3-2-4-6-16/h2-13H,14H2,1H3. The Kier molecular flexibility index (Phi) is 5.21. The number of nitrogens with zero attached hydrogens (tertiary/aromatic N) is 2. The molecule has 0 spiro atoms. The minimum atomic E-state index is -3.93. The van der Waals surface area contributed by atoms with Crippen LogP contribution in [0.3, 0.4) is 0 Å². The summed E-state index contributed by atoms with van der Waals surface area (Å²) in [7, 11) is -3.93. The lowest BCUT2D eigenvalue weighted by atomic mass is 10.0. The van der Waals surface area contributed by atoms with Crippen LogP contribution in [0, 0.1) is 17.0 Å². The van der Waals surface area contributed by atoms with E-state index in [-0.39, 0.29) is 15.9 Å². The van der Waals surface area contributed by atoms with E-state index in [1.165, 1.54) is 22.2 Å². The van der Waals surface area contributed by atoms with Crippen LogP contribution >= 0.6 is 15.9 Å². The van der Waals surface area contributed by atoms with Gasteiger partial charge in [-0.1, -0.05) is 64.0 Å². The van der Waals surface area contributed by atoms with Crippen molar-refractivity contribution >= 4 is 42.5 Å². The van der Waals surface area contributed by atoms with Crippen LogP contribution in [0.2, 0.25) is 0 Å². The fourth-order valence-electron chi connectivity index (χ4n) is 3.56. The molecule has 1 heterocycles. The number of benzene rings is 3. The molecule has 0 radical (unpaired) electrons. The average Bonchev–Trinajstić information content (AvgIpc) is 3.08. The fraction of sp³-hybridized carbons (Fsp3) is 0.0909. The second-order valence-electron chi connectivity index (χ2n) is 6.86. The molecule has 152 valence electrons. The summed E-state index contributed by atoms with van der Waals surface area (Å²) in [4.78, 5) is 11.1. The second kappa shape index (κ2) is 7.70. The van der Waals surface area contributed by atoms with E-state index in [0.29, 0.717) is 22.2 Å². The maximum Gasteiger partial charge on any atom is 0.270 e. The van der Waals surface area contributed by atoms with Crippen molar-refractivity contribution in [2.45, 2.75) is 17.1 Å². The lowest BCUT2D eigenvalue weighted by Gasteiger charge is -2.12. The van der Waals surface area contributed by atoms with Crippen LogP contribution in [0.4, 0.5) is 5.69 Å². The van der Waals surface area contributed by atoms with Gasteiger partial charge in [0, 0.05) is 28.4 Å². The molecule has 0 aliphatic heterocycles. The number of rotatable bonds is 5. The first kappa shape index (κ1) is 20.3. The van der Waals surface area contributed by atoms with Crippen LogP contribution in [0.5, 0.6) is 0 Å². The van der Waals surface area contributed by atoms with Gasteiger partial charge in [0.15, 0.2) is 0 Å². The smallest absolute Gasteiger partial charge is 0.258 e. The third kappa shape index (κ3) is 3.32. The number of nitro benzene ring substituents is 1. The van der Waals surface area contributed by atoms with E-state index in [0.717, 1.165) is 11.1 Å². The molecule has 4 aromatic rings. The minimum absolute atomic E-state index is 0.0920. The maximum absolute atomic E-state index is 13.6. The molecule has 3 aromatic carbocycles. The van der Waals surface area contributed by atoms with Gasteiger partial charge in [-0.15, -0.1) is 0 Å². The molecule has 6 nitrogen and oxygen atoms in total. The molecule has 8 heteroatoms. The lowest BCUT2D eigenvalue weighted by molar-refractivity contribution is -0.384. The first-order chi connectivity index (χ1) is 14.3. The van der Waals surface area contributed by atoms with Crippen molar-refractivity contribution in [1.29, 1.82) is 0 Å². The molecule has 0 saturated carbocycles. The highest BCUT2D eigenvalue weighted by Crippen LogP contribution is 2.39. The van der Waals surface area contributed by atoms with Crippen LogP contribution in [-0.4, -0.2) is 17.3 Å². The lowest BCUT2D eigenvalue weighted by Crippen LogP contribution is -2.15. The SMILES string of the molecule is Cc1ccc(S(=O)(=O)n2c(CBr)c(-c3ccccc3)c3cc([N+](=O)[O-])ccc32)cc1. The third-order valence-electron chi connectivity index (χ3n) is 4.96. The summed E-state index contributed by atoms with van der Waals surface area (Å²) in [6.45, 7) is 1.89. The van der Waals surface area contributed by atoms with Gasteiger partial charge in [0.2, 0.25) is 0 Å². The first-order valence-corrected chi connectivity index (χ1v) is 11.7. The number of aromatic nitrogens is 1. The number of non-ortho nitro benzene ring substituents is 1. The van der Waals surface area contributed by atoms with Crippen molar-refractivity contribution < 1.29 is 13.3 Å². The molecule has 30 heavy (non-hydrogen) atoms. The van der Waals surface area contributed by atoms with E-state index in [1.54, 1.807) is 24.3 Å². The number of aryl methyl sites for hydroxylation is 1. The number of fused-ring (bicyclic) bond motifs is 1. The molecular formula is C22H17BrN2O4S. The predicted octanol–water partition coefficient (Wildman–Crippen LogP) is 5.66. The van der Waals surface area contributed by atoms with E-state index >= 15 is 0 Å². The van der Waals surface area contributed by atoms with E-state index in [1.807, 2.05) is 37.3 Å². The van der Waals surface area contributed by atoms with Crippen molar-refractivity contribution in [2.75, 3.05) is 0 Å². The highest BCUT2D eigenvalue weighted by molar-refractivity contribution is 9.08. The number of hydrogen-bond donors (Lipinski definition) is 0. The Morgan fingerprint density at radius 2 is 1.67 bits per heavy atom. The van der Waals surface area contributed by atoms with Gasteiger partial charge in [0.1, 0.15) is 0 Å². The van der Waals surface area contributed by atoms with Gasteiger partial charge < -0.3 is 0 Å². The highest BCUT2D eigenvalue weighted by atomic mass is 79.9. The summed E-state index contributed by atoms with van der Waals surface area (Å²) < 4.78 is 28.5. The van der Waals surface area contributed by atoms with Gasteiger partial charge >= 0.3 is 0 Å². The molecule has 0 N–H and O–H groups in total. The molecule has 0 aliphatic rings. The van der Waals surface area contributed by atoms with Crippen LogP contribution in [-0.2, 0) is 15.4 Å². The molecule has 1 aromatic heterocycles. The zero-order valence-corrected chi connectivity index (χ0v) is 18.4. The largest absolute Gasteiger partial charge is 0.270 e. The molecular weight excluding hydrogens is 468 g/mol. The third-order valence-corrected chi connectivity index (χ3v) is 7.26.